The summed E-state index contributed by atoms with van der Waals surface area (Å²) in [5.74, 6) is 0.772. The molecule has 136 valence electrons. The van der Waals surface area contributed by atoms with Crippen molar-refractivity contribution in [1.29, 1.82) is 5.26 Å². The van der Waals surface area contributed by atoms with Gasteiger partial charge in [0.1, 0.15) is 11.0 Å². The maximum Gasteiger partial charge on any atom is 0.218 e. The molecule has 0 aliphatic carbocycles. The molecule has 2 aromatic carbocycles. The Bertz CT molecular complexity index is 995. The van der Waals surface area contributed by atoms with Crippen LogP contribution in [-0.4, -0.2) is 22.1 Å². The fourth-order valence-electron chi connectivity index (χ4n) is 2.25. The first-order valence-corrected chi connectivity index (χ1v) is 9.70. The maximum absolute atomic E-state index is 12.8. The minimum absolute atomic E-state index is 0.0226. The van der Waals surface area contributed by atoms with Crippen LogP contribution >= 0.6 is 23.2 Å². The van der Waals surface area contributed by atoms with E-state index in [0.717, 1.165) is 0 Å². The Morgan fingerprint density at radius 3 is 2.62 bits per heavy atom. The van der Waals surface area contributed by atoms with Gasteiger partial charge in [0, 0.05) is 10.6 Å². The second kappa shape index (κ2) is 8.45. The van der Waals surface area contributed by atoms with Crippen LogP contribution in [-0.2, 0) is 9.84 Å². The van der Waals surface area contributed by atoms with E-state index in [2.05, 4.69) is 0 Å². The van der Waals surface area contributed by atoms with Gasteiger partial charge in [-0.15, -0.1) is 0 Å². The lowest BCUT2D eigenvalue weighted by atomic mass is 10.1. The van der Waals surface area contributed by atoms with Crippen LogP contribution in [0.4, 0.5) is 0 Å². The van der Waals surface area contributed by atoms with Crippen LogP contribution in [0.5, 0.6) is 11.5 Å². The fraction of sp³-hybridized carbons (Fsp3) is 0.167. The number of hydrogen-bond acceptors (Lipinski definition) is 5. The van der Waals surface area contributed by atoms with Gasteiger partial charge < -0.3 is 9.47 Å². The Kier molecular flexibility index (Phi) is 6.54. The number of ether oxygens (including phenoxy) is 2. The molecule has 8 heteroatoms. The number of sulfone groups is 1. The van der Waals surface area contributed by atoms with Crippen molar-refractivity contribution in [3.8, 4) is 17.6 Å². The van der Waals surface area contributed by atoms with Crippen LogP contribution in [0.1, 0.15) is 12.5 Å². The van der Waals surface area contributed by atoms with Crippen molar-refractivity contribution >= 4 is 39.1 Å². The molecule has 0 saturated carbocycles. The number of benzene rings is 2. The summed E-state index contributed by atoms with van der Waals surface area (Å²) in [7, 11) is -2.73. The van der Waals surface area contributed by atoms with Crippen LogP contribution in [0.2, 0.25) is 10.0 Å². The molecule has 0 radical (unpaired) electrons. The lowest BCUT2D eigenvalue weighted by Gasteiger charge is -2.12. The Labute approximate surface area is 162 Å². The number of halogens is 2. The summed E-state index contributed by atoms with van der Waals surface area (Å²) < 4.78 is 36.5. The van der Waals surface area contributed by atoms with Gasteiger partial charge in [0.05, 0.1) is 23.6 Å². The third-order valence-electron chi connectivity index (χ3n) is 3.38. The Hall–Kier alpha value is -2.20. The minimum Gasteiger partial charge on any atom is -0.492 e. The highest BCUT2D eigenvalue weighted by atomic mass is 35.5. The Balaban J connectivity index is 2.64. The standard InChI is InChI=1S/C18H15Cl2NO4S/c1-3-25-16-6-4-5-12(18(16)24-2)9-14(11-21)26(22,23)17-10-13(19)7-8-15(17)20/h4-10H,3H2,1-2H3/b14-9+. The largest absolute Gasteiger partial charge is 0.492 e. The molecular weight excluding hydrogens is 397 g/mol. The van der Waals surface area contributed by atoms with Crippen molar-refractivity contribution in [3.63, 3.8) is 0 Å². The molecule has 5 nitrogen and oxygen atoms in total. The molecule has 0 amide bonds. The van der Waals surface area contributed by atoms with Crippen molar-refractivity contribution < 1.29 is 17.9 Å². The summed E-state index contributed by atoms with van der Waals surface area (Å²) in [5, 5.41) is 9.61. The van der Waals surface area contributed by atoms with Gasteiger partial charge in [-0.25, -0.2) is 8.42 Å². The molecule has 0 spiro atoms. The first kappa shape index (κ1) is 20.1. The lowest BCUT2D eigenvalue weighted by Crippen LogP contribution is -2.05. The minimum atomic E-state index is -4.17. The van der Waals surface area contributed by atoms with Crippen molar-refractivity contribution in [2.24, 2.45) is 0 Å². The summed E-state index contributed by atoms with van der Waals surface area (Å²) in [6.07, 6.45) is 1.22. The van der Waals surface area contributed by atoms with Gasteiger partial charge in [-0.05, 0) is 37.3 Å². The molecule has 0 heterocycles. The van der Waals surface area contributed by atoms with Crippen molar-refractivity contribution in [1.82, 2.24) is 0 Å². The molecule has 0 fully saturated rings. The molecule has 0 aliphatic rings. The summed E-state index contributed by atoms with van der Waals surface area (Å²) in [6, 6.07) is 10.7. The van der Waals surface area contributed by atoms with E-state index in [1.807, 2.05) is 6.92 Å². The number of methoxy groups -OCH3 is 1. The molecule has 26 heavy (non-hydrogen) atoms. The van der Waals surface area contributed by atoms with Gasteiger partial charge in [-0.1, -0.05) is 35.3 Å². The molecule has 0 unspecified atom stereocenters. The van der Waals surface area contributed by atoms with Gasteiger partial charge in [0.15, 0.2) is 11.5 Å². The van der Waals surface area contributed by atoms with E-state index in [9.17, 15) is 13.7 Å². The highest BCUT2D eigenvalue weighted by Gasteiger charge is 2.25. The predicted molar refractivity (Wildman–Crippen MR) is 101 cm³/mol. The average Bonchev–Trinajstić information content (AvgIpc) is 2.61. The van der Waals surface area contributed by atoms with Gasteiger partial charge in [-0.3, -0.25) is 0 Å². The topological polar surface area (TPSA) is 76.4 Å². The average molecular weight is 412 g/mol. The van der Waals surface area contributed by atoms with Crippen LogP contribution < -0.4 is 9.47 Å². The second-order valence-corrected chi connectivity index (χ2v) is 7.74. The predicted octanol–water partition coefficient (Wildman–Crippen LogP) is 4.74. The molecule has 2 rings (SSSR count). The van der Waals surface area contributed by atoms with Crippen molar-refractivity contribution in [3.05, 3.63) is 56.9 Å². The number of allylic oxidation sites excluding steroid dienone is 1. The molecule has 0 N–H and O–H groups in total. The molecule has 0 bridgehead atoms. The first-order chi connectivity index (χ1) is 12.3. The number of nitriles is 1. The highest BCUT2D eigenvalue weighted by Crippen LogP contribution is 2.35. The van der Waals surface area contributed by atoms with E-state index in [1.165, 1.54) is 31.4 Å². The lowest BCUT2D eigenvalue weighted by molar-refractivity contribution is 0.310. The van der Waals surface area contributed by atoms with Crippen LogP contribution in [0.25, 0.3) is 6.08 Å². The van der Waals surface area contributed by atoms with E-state index in [4.69, 9.17) is 32.7 Å². The third-order valence-corrected chi connectivity index (χ3v) is 5.76. The molecule has 2 aromatic rings. The molecular formula is C18H15Cl2NO4S. The number of hydrogen-bond donors (Lipinski definition) is 0. The third kappa shape index (κ3) is 4.13. The Morgan fingerprint density at radius 2 is 2.00 bits per heavy atom. The van der Waals surface area contributed by atoms with E-state index in [0.29, 0.717) is 23.7 Å². The maximum atomic E-state index is 12.8. The van der Waals surface area contributed by atoms with Gasteiger partial charge in [0.25, 0.3) is 0 Å². The molecule has 0 aliphatic heterocycles. The van der Waals surface area contributed by atoms with Crippen molar-refractivity contribution in [2.45, 2.75) is 11.8 Å². The number of rotatable bonds is 6. The zero-order valence-electron chi connectivity index (χ0n) is 14.0. The van der Waals surface area contributed by atoms with E-state index in [1.54, 1.807) is 24.3 Å². The monoisotopic (exact) mass is 411 g/mol. The molecule has 0 atom stereocenters. The number of para-hydroxylation sites is 1. The van der Waals surface area contributed by atoms with E-state index < -0.39 is 14.7 Å². The summed E-state index contributed by atoms with van der Waals surface area (Å²) in [6.45, 7) is 2.22. The SMILES string of the molecule is CCOc1cccc(/C=C(\C#N)S(=O)(=O)c2cc(Cl)ccc2Cl)c1OC. The van der Waals surface area contributed by atoms with Crippen molar-refractivity contribution in [2.75, 3.05) is 13.7 Å². The van der Waals surface area contributed by atoms with Crippen LogP contribution in [0.3, 0.4) is 0 Å². The first-order valence-electron chi connectivity index (χ1n) is 7.46. The molecule has 0 aromatic heterocycles. The summed E-state index contributed by atoms with van der Waals surface area (Å²) in [4.78, 5) is -0.729. The molecule has 0 saturated heterocycles. The zero-order chi connectivity index (χ0) is 19.3. The van der Waals surface area contributed by atoms with Gasteiger partial charge in [0.2, 0.25) is 9.84 Å². The van der Waals surface area contributed by atoms with Crippen LogP contribution in [0.15, 0.2) is 46.2 Å². The smallest absolute Gasteiger partial charge is 0.218 e. The quantitative estimate of drug-likeness (QED) is 0.641. The summed E-state index contributed by atoms with van der Waals surface area (Å²) >= 11 is 11.9. The van der Waals surface area contributed by atoms with E-state index in [-0.39, 0.29) is 14.9 Å². The zero-order valence-corrected chi connectivity index (χ0v) is 16.3. The second-order valence-electron chi connectivity index (χ2n) is 5.01. The summed E-state index contributed by atoms with van der Waals surface area (Å²) in [5.41, 5.74) is 0.386. The van der Waals surface area contributed by atoms with Crippen LogP contribution in [0, 0.1) is 11.3 Å². The van der Waals surface area contributed by atoms with Gasteiger partial charge >= 0.3 is 0 Å². The number of nitrogens with zero attached hydrogens (tertiary/aromatic N) is 1. The fourth-order valence-corrected chi connectivity index (χ4v) is 4.15. The normalized spacial score (nSPS) is 11.7. The van der Waals surface area contributed by atoms with E-state index >= 15 is 0 Å². The Morgan fingerprint density at radius 1 is 1.27 bits per heavy atom. The highest BCUT2D eigenvalue weighted by molar-refractivity contribution is 7.95. The van der Waals surface area contributed by atoms with Gasteiger partial charge in [-0.2, -0.15) is 5.26 Å².